The van der Waals surface area contributed by atoms with Crippen LogP contribution in [0.15, 0.2) is 18.2 Å². The van der Waals surface area contributed by atoms with Crippen LogP contribution in [0.2, 0.25) is 0 Å². The van der Waals surface area contributed by atoms with E-state index in [9.17, 15) is 10.1 Å². The molecule has 0 atom stereocenters. The van der Waals surface area contributed by atoms with Gasteiger partial charge in [-0.25, -0.2) is 0 Å². The molecule has 0 unspecified atom stereocenters. The number of non-ortho nitro benzene ring substituents is 1. The molecule has 0 radical (unpaired) electrons. The smallest absolute Gasteiger partial charge is 0.269 e. The first kappa shape index (κ1) is 18.1. The third kappa shape index (κ3) is 4.48. The zero-order chi connectivity index (χ0) is 17.6. The first-order chi connectivity index (χ1) is 12.2. The van der Waals surface area contributed by atoms with Gasteiger partial charge in [-0.3, -0.25) is 15.0 Å². The summed E-state index contributed by atoms with van der Waals surface area (Å²) in [5, 5.41) is 11.1. The molecule has 0 aromatic heterocycles. The molecule has 2 aliphatic rings. The Labute approximate surface area is 148 Å². The van der Waals surface area contributed by atoms with Gasteiger partial charge in [0.15, 0.2) is 0 Å². The number of hydrogen-bond donors (Lipinski definition) is 0. The maximum atomic E-state index is 11.1. The number of anilines is 1. The van der Waals surface area contributed by atoms with Crippen molar-refractivity contribution in [3.8, 4) is 0 Å². The molecule has 0 N–H and O–H groups in total. The quantitative estimate of drug-likeness (QED) is 0.601. The van der Waals surface area contributed by atoms with Crippen LogP contribution in [-0.4, -0.2) is 62.4 Å². The highest BCUT2D eigenvalue weighted by molar-refractivity contribution is 5.58. The Hall–Kier alpha value is -1.70. The minimum Gasteiger partial charge on any atom is -0.381 e. The van der Waals surface area contributed by atoms with Gasteiger partial charge in [-0.1, -0.05) is 0 Å². The minimum absolute atomic E-state index is 0.120. The van der Waals surface area contributed by atoms with E-state index in [-0.39, 0.29) is 10.6 Å². The summed E-state index contributed by atoms with van der Waals surface area (Å²) in [5.74, 6) is 0. The Bertz CT molecular complexity index is 590. The summed E-state index contributed by atoms with van der Waals surface area (Å²) in [7, 11) is 1.62. The van der Waals surface area contributed by atoms with Crippen LogP contribution in [-0.2, 0) is 16.1 Å². The number of ether oxygens (including phenoxy) is 2. The molecule has 25 heavy (non-hydrogen) atoms. The number of nitrogens with zero attached hydrogens (tertiary/aromatic N) is 3. The zero-order valence-corrected chi connectivity index (χ0v) is 14.9. The molecular formula is C18H27N3O4. The van der Waals surface area contributed by atoms with Gasteiger partial charge >= 0.3 is 0 Å². The van der Waals surface area contributed by atoms with Gasteiger partial charge in [0.2, 0.25) is 0 Å². The Kier molecular flexibility index (Phi) is 6.23. The third-order valence-electron chi connectivity index (χ3n) is 5.15. The lowest BCUT2D eigenvalue weighted by atomic mass is 10.1. The third-order valence-corrected chi connectivity index (χ3v) is 5.15. The van der Waals surface area contributed by atoms with E-state index < -0.39 is 0 Å². The van der Waals surface area contributed by atoms with Gasteiger partial charge < -0.3 is 14.4 Å². The van der Waals surface area contributed by atoms with Crippen molar-refractivity contribution in [1.82, 2.24) is 4.90 Å². The fourth-order valence-electron chi connectivity index (χ4n) is 3.86. The second-order valence-electron chi connectivity index (χ2n) is 6.72. The summed E-state index contributed by atoms with van der Waals surface area (Å²) in [6.07, 6.45) is 3.33. The van der Waals surface area contributed by atoms with Crippen LogP contribution in [0, 0.1) is 10.1 Å². The molecule has 1 aromatic rings. The van der Waals surface area contributed by atoms with E-state index in [1.165, 1.54) is 0 Å². The minimum atomic E-state index is -0.349. The summed E-state index contributed by atoms with van der Waals surface area (Å²) < 4.78 is 10.7. The molecule has 3 rings (SSSR count). The number of nitro groups is 1. The second-order valence-corrected chi connectivity index (χ2v) is 6.72. The van der Waals surface area contributed by atoms with Crippen molar-refractivity contribution in [3.63, 3.8) is 0 Å². The van der Waals surface area contributed by atoms with Crippen molar-refractivity contribution >= 4 is 11.4 Å². The summed E-state index contributed by atoms with van der Waals surface area (Å²) in [5.41, 5.74) is 2.06. The summed E-state index contributed by atoms with van der Waals surface area (Å²) in [4.78, 5) is 15.6. The summed E-state index contributed by atoms with van der Waals surface area (Å²) in [6, 6.07) is 5.73. The van der Waals surface area contributed by atoms with Gasteiger partial charge in [-0.05, 0) is 25.3 Å². The molecule has 138 valence electrons. The van der Waals surface area contributed by atoms with Gasteiger partial charge in [0.1, 0.15) is 0 Å². The van der Waals surface area contributed by atoms with Crippen molar-refractivity contribution < 1.29 is 14.4 Å². The van der Waals surface area contributed by atoms with Crippen molar-refractivity contribution in [1.29, 1.82) is 0 Å². The topological polar surface area (TPSA) is 68.1 Å². The molecule has 7 heteroatoms. The van der Waals surface area contributed by atoms with Crippen molar-refractivity contribution in [2.75, 3.05) is 51.4 Å². The van der Waals surface area contributed by atoms with Crippen LogP contribution in [0.1, 0.15) is 24.8 Å². The number of rotatable bonds is 5. The van der Waals surface area contributed by atoms with Crippen LogP contribution in [0.25, 0.3) is 0 Å². The predicted octanol–water partition coefficient (Wildman–Crippen LogP) is 2.43. The lowest BCUT2D eigenvalue weighted by Gasteiger charge is -2.33. The normalized spacial score (nSPS) is 20.4. The molecule has 2 heterocycles. The molecule has 0 saturated carbocycles. The van der Waals surface area contributed by atoms with E-state index in [2.05, 4.69) is 9.80 Å². The van der Waals surface area contributed by atoms with E-state index >= 15 is 0 Å². The second kappa shape index (κ2) is 8.60. The van der Waals surface area contributed by atoms with Crippen LogP contribution in [0.4, 0.5) is 11.4 Å². The van der Waals surface area contributed by atoms with Gasteiger partial charge in [0.25, 0.3) is 5.69 Å². The molecule has 2 fully saturated rings. The predicted molar refractivity (Wildman–Crippen MR) is 96.1 cm³/mol. The molecule has 7 nitrogen and oxygen atoms in total. The van der Waals surface area contributed by atoms with E-state index in [0.29, 0.717) is 12.6 Å². The Morgan fingerprint density at radius 3 is 2.76 bits per heavy atom. The van der Waals surface area contributed by atoms with Gasteiger partial charge in [-0.15, -0.1) is 0 Å². The van der Waals surface area contributed by atoms with Crippen LogP contribution in [0.5, 0.6) is 0 Å². The molecule has 0 bridgehead atoms. The number of nitro benzene ring substituents is 1. The Morgan fingerprint density at radius 2 is 2.04 bits per heavy atom. The number of hydrogen-bond acceptors (Lipinski definition) is 6. The van der Waals surface area contributed by atoms with Crippen LogP contribution >= 0.6 is 0 Å². The van der Waals surface area contributed by atoms with Crippen molar-refractivity contribution in [3.05, 3.63) is 33.9 Å². The van der Waals surface area contributed by atoms with E-state index in [0.717, 1.165) is 69.9 Å². The molecule has 2 saturated heterocycles. The lowest BCUT2D eigenvalue weighted by molar-refractivity contribution is -0.384. The number of benzene rings is 1. The molecule has 0 spiro atoms. The Morgan fingerprint density at radius 1 is 1.24 bits per heavy atom. The first-order valence-electron chi connectivity index (χ1n) is 9.02. The van der Waals surface area contributed by atoms with E-state index in [4.69, 9.17) is 9.47 Å². The maximum Gasteiger partial charge on any atom is 0.269 e. The molecule has 1 aromatic carbocycles. The molecular weight excluding hydrogens is 322 g/mol. The molecule has 2 aliphatic heterocycles. The van der Waals surface area contributed by atoms with Crippen LogP contribution in [0.3, 0.4) is 0 Å². The fraction of sp³-hybridized carbons (Fsp3) is 0.667. The SMILES string of the molecule is COCc1cc([N+](=O)[O-])ccc1N1CCCN(C2CCOCC2)CC1. The lowest BCUT2D eigenvalue weighted by Crippen LogP contribution is -2.41. The first-order valence-corrected chi connectivity index (χ1v) is 9.02. The largest absolute Gasteiger partial charge is 0.381 e. The zero-order valence-electron chi connectivity index (χ0n) is 14.9. The van der Waals surface area contributed by atoms with Crippen molar-refractivity contribution in [2.24, 2.45) is 0 Å². The highest BCUT2D eigenvalue weighted by Gasteiger charge is 2.25. The Balaban J connectivity index is 1.72. The van der Waals surface area contributed by atoms with Crippen molar-refractivity contribution in [2.45, 2.75) is 31.9 Å². The summed E-state index contributed by atoms with van der Waals surface area (Å²) >= 11 is 0. The van der Waals surface area contributed by atoms with E-state index in [1.54, 1.807) is 19.2 Å². The highest BCUT2D eigenvalue weighted by atomic mass is 16.6. The molecule has 0 amide bonds. The van der Waals surface area contributed by atoms with Gasteiger partial charge in [0, 0.05) is 75.9 Å². The number of methoxy groups -OCH3 is 1. The molecule has 0 aliphatic carbocycles. The van der Waals surface area contributed by atoms with Gasteiger partial charge in [-0.2, -0.15) is 0 Å². The standard InChI is InChI=1S/C18H27N3O4/c1-24-14-15-13-17(21(22)23)3-4-18(15)20-8-2-7-19(9-10-20)16-5-11-25-12-6-16/h3-4,13,16H,2,5-12,14H2,1H3. The van der Waals surface area contributed by atoms with E-state index in [1.807, 2.05) is 6.07 Å². The average molecular weight is 349 g/mol. The highest BCUT2D eigenvalue weighted by Crippen LogP contribution is 2.28. The summed E-state index contributed by atoms with van der Waals surface area (Å²) in [6.45, 7) is 6.15. The maximum absolute atomic E-state index is 11.1. The van der Waals surface area contributed by atoms with Crippen LogP contribution < -0.4 is 4.90 Å². The fourth-order valence-corrected chi connectivity index (χ4v) is 3.86. The average Bonchev–Trinajstić information content (AvgIpc) is 2.89. The van der Waals surface area contributed by atoms with Gasteiger partial charge in [0.05, 0.1) is 11.5 Å². The monoisotopic (exact) mass is 349 g/mol.